The summed E-state index contributed by atoms with van der Waals surface area (Å²) in [6.07, 6.45) is 62.0. The first-order chi connectivity index (χ1) is 30.5. The fourth-order valence-electron chi connectivity index (χ4n) is 7.20. The molecular weight excluding hydrogens is 769 g/mol. The van der Waals surface area contributed by atoms with Crippen molar-refractivity contribution in [2.75, 3.05) is 13.2 Å². The monoisotopic (exact) mass is 867 g/mol. The van der Waals surface area contributed by atoms with E-state index in [2.05, 4.69) is 81.5 Å². The third-order valence-corrected chi connectivity index (χ3v) is 11.2. The standard InChI is InChI=1S/C56H98O6/c1-4-7-10-13-16-19-22-25-27-28-30-31-34-37-40-43-46-49-55(58)61-52-53(51-60-54(57)48-45-42-39-36-33-24-21-18-15-12-9-6-3)62-56(59)50-47-44-41-38-35-32-29-26-23-20-17-14-11-8-5-2/h16,18-19,21,25-27,29-31,53H,4-15,17,20,22-24,28,32-52H2,1-3H3/b19-16-,21-18-,27-25-,29-26-,31-30-/t53-/m1/s1. The van der Waals surface area contributed by atoms with Gasteiger partial charge in [-0.05, 0) is 109 Å². The summed E-state index contributed by atoms with van der Waals surface area (Å²) in [6, 6.07) is 0. The Morgan fingerprint density at radius 2 is 0.581 bits per heavy atom. The minimum atomic E-state index is -0.790. The molecule has 0 aromatic carbocycles. The van der Waals surface area contributed by atoms with Crippen LogP contribution in [-0.4, -0.2) is 37.2 Å². The highest BCUT2D eigenvalue weighted by atomic mass is 16.6. The minimum Gasteiger partial charge on any atom is -0.462 e. The molecule has 0 aromatic heterocycles. The lowest BCUT2D eigenvalue weighted by atomic mass is 10.1. The Morgan fingerprint density at radius 1 is 0.323 bits per heavy atom. The summed E-state index contributed by atoms with van der Waals surface area (Å²) in [5.41, 5.74) is 0. The molecule has 358 valence electrons. The summed E-state index contributed by atoms with van der Waals surface area (Å²) in [5, 5.41) is 0. The van der Waals surface area contributed by atoms with E-state index in [1.807, 2.05) is 0 Å². The molecule has 0 aromatic rings. The van der Waals surface area contributed by atoms with Gasteiger partial charge < -0.3 is 14.2 Å². The zero-order valence-electron chi connectivity index (χ0n) is 40.9. The Hall–Kier alpha value is -2.89. The van der Waals surface area contributed by atoms with Crippen molar-refractivity contribution in [1.29, 1.82) is 0 Å². The van der Waals surface area contributed by atoms with Gasteiger partial charge in [0.25, 0.3) is 0 Å². The first kappa shape index (κ1) is 59.1. The summed E-state index contributed by atoms with van der Waals surface area (Å²) in [6.45, 7) is 6.55. The molecule has 0 spiro atoms. The van der Waals surface area contributed by atoms with Gasteiger partial charge in [-0.3, -0.25) is 14.4 Å². The van der Waals surface area contributed by atoms with Crippen LogP contribution in [-0.2, 0) is 28.6 Å². The van der Waals surface area contributed by atoms with Crippen LogP contribution in [0.25, 0.3) is 0 Å². The maximum Gasteiger partial charge on any atom is 0.306 e. The largest absolute Gasteiger partial charge is 0.462 e. The minimum absolute atomic E-state index is 0.0890. The van der Waals surface area contributed by atoms with Gasteiger partial charge in [-0.2, -0.15) is 0 Å². The number of rotatable bonds is 47. The lowest BCUT2D eigenvalue weighted by Crippen LogP contribution is -2.30. The number of hydrogen-bond donors (Lipinski definition) is 0. The SMILES string of the molecule is CCCCC/C=C\C/C=C\C/C=C\CCCCCCC(=O)OC[C@@H](COC(=O)CCCCCCC/C=C\CCCCC)OC(=O)CCCCCCC/C=C\CCCCCCCC. The Balaban J connectivity index is 4.43. The van der Waals surface area contributed by atoms with Crippen LogP contribution >= 0.6 is 0 Å². The summed E-state index contributed by atoms with van der Waals surface area (Å²) in [4.78, 5) is 38.0. The van der Waals surface area contributed by atoms with Crippen LogP contribution in [0.15, 0.2) is 60.8 Å². The zero-order chi connectivity index (χ0) is 45.1. The first-order valence-corrected chi connectivity index (χ1v) is 26.3. The molecule has 0 unspecified atom stereocenters. The van der Waals surface area contributed by atoms with E-state index in [1.54, 1.807) is 0 Å². The molecule has 0 aliphatic carbocycles. The number of ether oxygens (including phenoxy) is 3. The molecule has 0 saturated heterocycles. The van der Waals surface area contributed by atoms with Crippen LogP contribution in [0.3, 0.4) is 0 Å². The summed E-state index contributed by atoms with van der Waals surface area (Å²) < 4.78 is 16.8. The van der Waals surface area contributed by atoms with Crippen molar-refractivity contribution in [3.05, 3.63) is 60.8 Å². The van der Waals surface area contributed by atoms with E-state index < -0.39 is 6.10 Å². The fraction of sp³-hybridized carbons (Fsp3) is 0.768. The van der Waals surface area contributed by atoms with Gasteiger partial charge in [-0.15, -0.1) is 0 Å². The zero-order valence-corrected chi connectivity index (χ0v) is 40.9. The molecule has 1 atom stereocenters. The van der Waals surface area contributed by atoms with Gasteiger partial charge in [0.2, 0.25) is 0 Å². The number of carbonyl (C=O) groups excluding carboxylic acids is 3. The number of carbonyl (C=O) groups is 3. The highest BCUT2D eigenvalue weighted by molar-refractivity contribution is 5.71. The van der Waals surface area contributed by atoms with Crippen LogP contribution < -0.4 is 0 Å². The molecule has 0 radical (unpaired) electrons. The average molecular weight is 867 g/mol. The third-order valence-electron chi connectivity index (χ3n) is 11.2. The fourth-order valence-corrected chi connectivity index (χ4v) is 7.20. The molecule has 0 saturated carbocycles. The van der Waals surface area contributed by atoms with Crippen molar-refractivity contribution in [1.82, 2.24) is 0 Å². The van der Waals surface area contributed by atoms with Crippen molar-refractivity contribution in [3.8, 4) is 0 Å². The second-order valence-electron chi connectivity index (χ2n) is 17.4. The number of unbranched alkanes of at least 4 members (excludes halogenated alkanes) is 26. The molecule has 0 aliphatic heterocycles. The lowest BCUT2D eigenvalue weighted by molar-refractivity contribution is -0.167. The molecular formula is C56H98O6. The molecule has 0 amide bonds. The van der Waals surface area contributed by atoms with E-state index in [9.17, 15) is 14.4 Å². The quantitative estimate of drug-likeness (QED) is 0.0262. The highest BCUT2D eigenvalue weighted by Crippen LogP contribution is 2.14. The summed E-state index contributed by atoms with van der Waals surface area (Å²) in [7, 11) is 0. The van der Waals surface area contributed by atoms with E-state index in [0.29, 0.717) is 19.3 Å². The molecule has 0 aliphatic rings. The molecule has 0 bridgehead atoms. The molecule has 0 rings (SSSR count). The van der Waals surface area contributed by atoms with Crippen LogP contribution in [0.1, 0.15) is 258 Å². The van der Waals surface area contributed by atoms with Gasteiger partial charge in [0.15, 0.2) is 6.10 Å². The third kappa shape index (κ3) is 48.1. The molecule has 62 heavy (non-hydrogen) atoms. The summed E-state index contributed by atoms with van der Waals surface area (Å²) in [5.74, 6) is -0.924. The number of esters is 3. The Morgan fingerprint density at radius 3 is 0.952 bits per heavy atom. The Labute approximate surface area is 383 Å². The normalized spacial score (nSPS) is 12.5. The van der Waals surface area contributed by atoms with Gasteiger partial charge >= 0.3 is 17.9 Å². The predicted molar refractivity (Wildman–Crippen MR) is 265 cm³/mol. The van der Waals surface area contributed by atoms with E-state index >= 15 is 0 Å². The predicted octanol–water partition coefficient (Wildman–Crippen LogP) is 17.3. The number of hydrogen-bond acceptors (Lipinski definition) is 6. The Bertz CT molecular complexity index is 1130. The van der Waals surface area contributed by atoms with Gasteiger partial charge in [-0.25, -0.2) is 0 Å². The maximum absolute atomic E-state index is 12.8. The molecule has 0 fully saturated rings. The summed E-state index contributed by atoms with van der Waals surface area (Å²) >= 11 is 0. The molecule has 6 nitrogen and oxygen atoms in total. The van der Waals surface area contributed by atoms with Crippen LogP contribution in [0, 0.1) is 0 Å². The van der Waals surface area contributed by atoms with Gasteiger partial charge in [0, 0.05) is 19.3 Å². The van der Waals surface area contributed by atoms with E-state index in [-0.39, 0.29) is 31.1 Å². The first-order valence-electron chi connectivity index (χ1n) is 26.3. The molecule has 0 N–H and O–H groups in total. The van der Waals surface area contributed by atoms with Crippen molar-refractivity contribution in [2.45, 2.75) is 264 Å². The smallest absolute Gasteiger partial charge is 0.306 e. The van der Waals surface area contributed by atoms with Gasteiger partial charge in [0.1, 0.15) is 13.2 Å². The van der Waals surface area contributed by atoms with Crippen LogP contribution in [0.4, 0.5) is 0 Å². The van der Waals surface area contributed by atoms with E-state index in [1.165, 1.54) is 116 Å². The van der Waals surface area contributed by atoms with Gasteiger partial charge in [-0.1, -0.05) is 191 Å². The van der Waals surface area contributed by atoms with E-state index in [0.717, 1.165) is 103 Å². The maximum atomic E-state index is 12.8. The topological polar surface area (TPSA) is 78.9 Å². The van der Waals surface area contributed by atoms with E-state index in [4.69, 9.17) is 14.2 Å². The highest BCUT2D eigenvalue weighted by Gasteiger charge is 2.19. The van der Waals surface area contributed by atoms with Crippen molar-refractivity contribution in [3.63, 3.8) is 0 Å². The van der Waals surface area contributed by atoms with Gasteiger partial charge in [0.05, 0.1) is 0 Å². The van der Waals surface area contributed by atoms with Crippen molar-refractivity contribution in [2.24, 2.45) is 0 Å². The number of allylic oxidation sites excluding steroid dienone is 10. The van der Waals surface area contributed by atoms with Crippen molar-refractivity contribution < 1.29 is 28.6 Å². The lowest BCUT2D eigenvalue weighted by Gasteiger charge is -2.18. The van der Waals surface area contributed by atoms with Crippen LogP contribution in [0.5, 0.6) is 0 Å². The second kappa shape index (κ2) is 50.8. The molecule has 6 heteroatoms. The van der Waals surface area contributed by atoms with Crippen LogP contribution in [0.2, 0.25) is 0 Å². The second-order valence-corrected chi connectivity index (χ2v) is 17.4. The molecule has 0 heterocycles. The average Bonchev–Trinajstić information content (AvgIpc) is 3.27. The Kier molecular flexibility index (Phi) is 48.4. The van der Waals surface area contributed by atoms with Crippen molar-refractivity contribution >= 4 is 17.9 Å².